The summed E-state index contributed by atoms with van der Waals surface area (Å²) in [5, 5.41) is 0. The summed E-state index contributed by atoms with van der Waals surface area (Å²) >= 11 is 0. The van der Waals surface area contributed by atoms with Crippen LogP contribution in [0.5, 0.6) is 0 Å². The molecular weight excluding hydrogens is 344 g/mol. The summed E-state index contributed by atoms with van der Waals surface area (Å²) in [5.41, 5.74) is 11.1. The summed E-state index contributed by atoms with van der Waals surface area (Å²) in [6, 6.07) is 10.0. The number of allylic oxidation sites excluding steroid dienone is 3. The van der Waals surface area contributed by atoms with Gasteiger partial charge in [0, 0.05) is 25.5 Å². The Bertz CT molecular complexity index is 793. The lowest BCUT2D eigenvalue weighted by molar-refractivity contribution is 0.280. The van der Waals surface area contributed by atoms with Gasteiger partial charge in [-0.25, -0.2) is 0 Å². The summed E-state index contributed by atoms with van der Waals surface area (Å²) < 4.78 is 0. The number of aryl methyl sites for hydroxylation is 1. The van der Waals surface area contributed by atoms with Crippen molar-refractivity contribution in [3.63, 3.8) is 0 Å². The van der Waals surface area contributed by atoms with Gasteiger partial charge in [0.2, 0.25) is 0 Å². The summed E-state index contributed by atoms with van der Waals surface area (Å²) in [6.45, 7) is 11.7. The number of rotatable bonds is 11. The smallest absolute Gasteiger partial charge is 0.0698 e. The molecule has 2 heterocycles. The summed E-state index contributed by atoms with van der Waals surface area (Å²) in [7, 11) is 0. The molecule has 4 nitrogen and oxygen atoms in total. The summed E-state index contributed by atoms with van der Waals surface area (Å²) in [6.07, 6.45) is 12.0. The van der Waals surface area contributed by atoms with Crippen LogP contribution in [0.4, 0.5) is 0 Å². The first-order valence-electron chi connectivity index (χ1n) is 9.90. The van der Waals surface area contributed by atoms with E-state index in [-0.39, 0.29) is 0 Å². The molecule has 0 aliphatic carbocycles. The fraction of sp³-hybridized carbons (Fsp3) is 0.333. The molecule has 0 bridgehead atoms. The maximum absolute atomic E-state index is 5.67. The van der Waals surface area contributed by atoms with E-state index in [9.17, 15) is 0 Å². The van der Waals surface area contributed by atoms with Crippen LogP contribution in [-0.2, 0) is 6.54 Å². The van der Waals surface area contributed by atoms with Crippen molar-refractivity contribution in [3.8, 4) is 0 Å². The number of nitrogens with two attached hydrogens (primary N) is 1. The van der Waals surface area contributed by atoms with E-state index in [1.807, 2.05) is 43.6 Å². The van der Waals surface area contributed by atoms with Crippen LogP contribution in [-0.4, -0.2) is 34.5 Å². The molecule has 0 aliphatic rings. The Morgan fingerprint density at radius 2 is 1.93 bits per heavy atom. The van der Waals surface area contributed by atoms with Crippen molar-refractivity contribution in [1.29, 1.82) is 0 Å². The van der Waals surface area contributed by atoms with E-state index in [2.05, 4.69) is 52.7 Å². The lowest BCUT2D eigenvalue weighted by Gasteiger charge is -2.23. The zero-order valence-electron chi connectivity index (χ0n) is 17.1. The van der Waals surface area contributed by atoms with Crippen molar-refractivity contribution in [2.75, 3.05) is 19.6 Å². The van der Waals surface area contributed by atoms with Crippen LogP contribution in [0.3, 0.4) is 0 Å². The van der Waals surface area contributed by atoms with Gasteiger partial charge in [-0.3, -0.25) is 14.9 Å². The van der Waals surface area contributed by atoms with E-state index in [4.69, 9.17) is 5.73 Å². The molecule has 0 saturated heterocycles. The van der Waals surface area contributed by atoms with Gasteiger partial charge in [-0.1, -0.05) is 36.9 Å². The number of unbranched alkanes of at least 4 members (excludes halogenated alkanes) is 1. The number of hydrogen-bond donors (Lipinski definition) is 1. The van der Waals surface area contributed by atoms with Gasteiger partial charge in [0.05, 0.1) is 11.4 Å². The van der Waals surface area contributed by atoms with Gasteiger partial charge >= 0.3 is 0 Å². The molecule has 2 aromatic heterocycles. The van der Waals surface area contributed by atoms with E-state index < -0.39 is 0 Å². The molecule has 0 spiro atoms. The normalized spacial score (nSPS) is 12.1. The van der Waals surface area contributed by atoms with Crippen LogP contribution in [0, 0.1) is 6.92 Å². The first kappa shape index (κ1) is 21.7. The molecule has 2 rings (SSSR count). The second-order valence-electron chi connectivity index (χ2n) is 6.92. The number of hydrogen-bond acceptors (Lipinski definition) is 4. The van der Waals surface area contributed by atoms with Crippen LogP contribution in [0.2, 0.25) is 0 Å². The van der Waals surface area contributed by atoms with Gasteiger partial charge in [-0.2, -0.15) is 0 Å². The molecule has 0 saturated carbocycles. The third-order valence-electron chi connectivity index (χ3n) is 4.62. The van der Waals surface area contributed by atoms with Crippen LogP contribution in [0.15, 0.2) is 73.1 Å². The maximum Gasteiger partial charge on any atom is 0.0698 e. The standard InChI is InChI=1S/C24H32N4/c1-4-22(23-11-5-7-15-26-23)13-12-20(2)18-28(17-8-6-14-25)19-24-21(3)10-9-16-27-24/h4-5,7,9-13,15-16H,2,6,8,14,17-19,25H2,1,3H3/b13-12-,22-4+. The van der Waals surface area contributed by atoms with E-state index in [0.29, 0.717) is 0 Å². The minimum atomic E-state index is 0.728. The van der Waals surface area contributed by atoms with Gasteiger partial charge < -0.3 is 5.73 Å². The highest BCUT2D eigenvalue weighted by Crippen LogP contribution is 2.15. The van der Waals surface area contributed by atoms with Crippen molar-refractivity contribution < 1.29 is 0 Å². The van der Waals surface area contributed by atoms with Crippen molar-refractivity contribution in [1.82, 2.24) is 14.9 Å². The van der Waals surface area contributed by atoms with Crippen LogP contribution in [0.1, 0.15) is 36.7 Å². The molecule has 0 atom stereocenters. The molecule has 0 radical (unpaired) electrons. The molecule has 2 aromatic rings. The first-order valence-corrected chi connectivity index (χ1v) is 9.90. The zero-order chi connectivity index (χ0) is 20.2. The predicted octanol–water partition coefficient (Wildman–Crippen LogP) is 4.54. The molecule has 2 N–H and O–H groups in total. The number of pyridine rings is 2. The van der Waals surface area contributed by atoms with Crippen molar-refractivity contribution in [2.24, 2.45) is 5.73 Å². The molecule has 28 heavy (non-hydrogen) atoms. The van der Waals surface area contributed by atoms with Gasteiger partial charge in [0.25, 0.3) is 0 Å². The lowest BCUT2D eigenvalue weighted by atomic mass is 10.1. The van der Waals surface area contributed by atoms with Gasteiger partial charge in [0.1, 0.15) is 0 Å². The van der Waals surface area contributed by atoms with Gasteiger partial charge in [-0.05, 0) is 74.7 Å². The SMILES string of the molecule is C=C(/C=C\C(=C/C)c1ccccn1)CN(CCCCN)Cc1ncccc1C. The minimum absolute atomic E-state index is 0.728. The Hall–Kier alpha value is -2.56. The Labute approximate surface area is 169 Å². The van der Waals surface area contributed by atoms with Crippen molar-refractivity contribution in [3.05, 3.63) is 90.1 Å². The Kier molecular flexibility index (Phi) is 9.32. The zero-order valence-corrected chi connectivity index (χ0v) is 17.1. The van der Waals surface area contributed by atoms with Crippen molar-refractivity contribution in [2.45, 2.75) is 33.2 Å². The van der Waals surface area contributed by atoms with E-state index >= 15 is 0 Å². The quantitative estimate of drug-likeness (QED) is 0.462. The number of aromatic nitrogens is 2. The van der Waals surface area contributed by atoms with E-state index in [0.717, 1.165) is 61.6 Å². The number of nitrogens with zero attached hydrogens (tertiary/aromatic N) is 3. The Balaban J connectivity index is 2.03. The van der Waals surface area contributed by atoms with Crippen LogP contribution < -0.4 is 5.73 Å². The molecule has 0 aromatic carbocycles. The maximum atomic E-state index is 5.67. The molecule has 0 unspecified atom stereocenters. The highest BCUT2D eigenvalue weighted by atomic mass is 15.1. The van der Waals surface area contributed by atoms with Gasteiger partial charge in [-0.15, -0.1) is 0 Å². The topological polar surface area (TPSA) is 55.0 Å². The van der Waals surface area contributed by atoms with Crippen LogP contribution >= 0.6 is 0 Å². The molecule has 148 valence electrons. The Morgan fingerprint density at radius 3 is 2.61 bits per heavy atom. The van der Waals surface area contributed by atoms with Gasteiger partial charge in [0.15, 0.2) is 0 Å². The Morgan fingerprint density at radius 1 is 1.11 bits per heavy atom. The fourth-order valence-electron chi connectivity index (χ4n) is 3.00. The predicted molar refractivity (Wildman–Crippen MR) is 119 cm³/mol. The lowest BCUT2D eigenvalue weighted by Crippen LogP contribution is -2.27. The highest BCUT2D eigenvalue weighted by molar-refractivity contribution is 5.71. The van der Waals surface area contributed by atoms with E-state index in [1.165, 1.54) is 5.56 Å². The minimum Gasteiger partial charge on any atom is -0.330 e. The average Bonchev–Trinajstić information content (AvgIpc) is 2.71. The average molecular weight is 377 g/mol. The fourth-order valence-corrected chi connectivity index (χ4v) is 3.00. The van der Waals surface area contributed by atoms with E-state index in [1.54, 1.807) is 0 Å². The second kappa shape index (κ2) is 12.0. The molecule has 0 amide bonds. The third-order valence-corrected chi connectivity index (χ3v) is 4.62. The summed E-state index contributed by atoms with van der Waals surface area (Å²) in [5.74, 6) is 0. The molecule has 0 aliphatic heterocycles. The molecule has 4 heteroatoms. The molecule has 0 fully saturated rings. The summed E-state index contributed by atoms with van der Waals surface area (Å²) in [4.78, 5) is 11.4. The third kappa shape index (κ3) is 7.22. The highest BCUT2D eigenvalue weighted by Gasteiger charge is 2.09. The molecular formula is C24H32N4. The second-order valence-corrected chi connectivity index (χ2v) is 6.92. The first-order chi connectivity index (χ1) is 13.6. The largest absolute Gasteiger partial charge is 0.330 e. The van der Waals surface area contributed by atoms with Crippen LogP contribution in [0.25, 0.3) is 5.57 Å². The monoisotopic (exact) mass is 376 g/mol. The van der Waals surface area contributed by atoms with Crippen molar-refractivity contribution >= 4 is 5.57 Å².